The summed E-state index contributed by atoms with van der Waals surface area (Å²) in [5, 5.41) is 21.5. The molecule has 83 heavy (non-hydrogen) atoms. The summed E-state index contributed by atoms with van der Waals surface area (Å²) in [5.74, 6) is -10.3. The number of likely N-dealkylation sites (tertiary alicyclic amines) is 2. The van der Waals surface area contributed by atoms with E-state index in [4.69, 9.17) is 14.2 Å². The number of rotatable bonds is 19. The van der Waals surface area contributed by atoms with Crippen molar-refractivity contribution in [2.75, 3.05) is 53.6 Å². The molecule has 6 heterocycles. The number of nitrogens with one attached hydrogen (secondary N) is 6. The summed E-state index contributed by atoms with van der Waals surface area (Å²) in [6.07, 6.45) is 1.15. The molecule has 0 bridgehead atoms. The lowest BCUT2D eigenvalue weighted by Crippen LogP contribution is -2.53. The number of alkyl halides is 4. The van der Waals surface area contributed by atoms with Crippen LogP contribution in [0.4, 0.5) is 17.6 Å². The van der Waals surface area contributed by atoms with E-state index in [1.54, 1.807) is 48.5 Å². The number of fused-ring (bicyclic) bond motifs is 2. The van der Waals surface area contributed by atoms with Crippen molar-refractivity contribution in [1.82, 2.24) is 41.0 Å². The highest BCUT2D eigenvalue weighted by Crippen LogP contribution is 2.67. The number of halogens is 4. The quantitative estimate of drug-likeness (QED) is 0.0540. The van der Waals surface area contributed by atoms with E-state index in [2.05, 4.69) is 31.2 Å². The van der Waals surface area contributed by atoms with Gasteiger partial charge in [0.25, 0.3) is 23.7 Å². The number of piperidine rings is 2. The number of Topliss-reactive ketones (excluding diaryl/α,β-unsaturated/α-hetero) is 2. The van der Waals surface area contributed by atoms with Gasteiger partial charge in [0.2, 0.25) is 23.6 Å². The average Bonchev–Trinajstić information content (AvgIpc) is 1.83. The van der Waals surface area contributed by atoms with Gasteiger partial charge in [-0.05, 0) is 93.3 Å². The van der Waals surface area contributed by atoms with Crippen LogP contribution in [0, 0.1) is 22.7 Å². The maximum absolute atomic E-state index is 14.6. The number of benzene rings is 3. The van der Waals surface area contributed by atoms with Crippen LogP contribution in [0.1, 0.15) is 90.7 Å². The van der Waals surface area contributed by atoms with Crippen LogP contribution in [0.3, 0.4) is 0 Å². The van der Waals surface area contributed by atoms with Crippen molar-refractivity contribution in [3.63, 3.8) is 0 Å². The van der Waals surface area contributed by atoms with Crippen LogP contribution in [0.15, 0.2) is 78.9 Å². The van der Waals surface area contributed by atoms with Gasteiger partial charge in [-0.1, -0.05) is 42.5 Å². The maximum Gasteiger partial charge on any atom is 0.271 e. The number of carbonyl (C=O) groups excluding carboxylic acids is 8. The van der Waals surface area contributed by atoms with Gasteiger partial charge in [-0.2, -0.15) is 0 Å². The van der Waals surface area contributed by atoms with Crippen LogP contribution in [-0.4, -0.2) is 162 Å². The van der Waals surface area contributed by atoms with Crippen LogP contribution in [0.25, 0.3) is 21.8 Å². The highest BCUT2D eigenvalue weighted by molar-refractivity contribution is 6.04. The van der Waals surface area contributed by atoms with E-state index in [0.717, 1.165) is 16.9 Å². The van der Waals surface area contributed by atoms with Crippen LogP contribution in [-0.2, 0) is 40.1 Å². The SMILES string of the molecule is COc1cccc2[nH]c(C(=O)N3C[C@]4(C[C@H]3C(=O)N[C@@H](C[C@@H]3CCCNC3=O)C(=O)CO)CC4(F)F)cc12.COc1cccc2[nH]c(C(=O)N3C[C@]4(C[C@H]3C(=O)N[C@@H](C[C@@H]3CCCNC3=O)C(=O)COCc3ccccc3)CC4(F)F)cc12. The van der Waals surface area contributed by atoms with Crippen molar-refractivity contribution in [3.8, 4) is 11.5 Å². The first-order valence-electron chi connectivity index (χ1n) is 27.8. The predicted molar refractivity (Wildman–Crippen MR) is 290 cm³/mol. The molecule has 20 nitrogen and oxygen atoms in total. The number of H-pyrrole nitrogens is 2. The number of aliphatic hydroxyl groups is 1. The van der Waals surface area contributed by atoms with E-state index < -0.39 is 113 Å². The normalized spacial score (nSPS) is 25.4. The third kappa shape index (κ3) is 11.9. The van der Waals surface area contributed by atoms with E-state index >= 15 is 0 Å². The molecule has 7 N–H and O–H groups in total. The first-order valence-corrected chi connectivity index (χ1v) is 27.8. The number of methoxy groups -OCH3 is 2. The molecule has 2 aliphatic carbocycles. The summed E-state index contributed by atoms with van der Waals surface area (Å²) in [4.78, 5) is 114. The minimum Gasteiger partial charge on any atom is -0.496 e. The smallest absolute Gasteiger partial charge is 0.271 e. The largest absolute Gasteiger partial charge is 0.496 e. The molecular formula is C59H66F4N8O12. The molecule has 442 valence electrons. The number of amides is 6. The molecule has 2 spiro atoms. The van der Waals surface area contributed by atoms with Crippen molar-refractivity contribution in [3.05, 3.63) is 95.8 Å². The highest BCUT2D eigenvalue weighted by atomic mass is 19.3. The number of hydrogen-bond acceptors (Lipinski definition) is 12. The molecule has 8 atom stereocenters. The van der Waals surface area contributed by atoms with Crippen LogP contribution in [0.2, 0.25) is 0 Å². The zero-order chi connectivity index (χ0) is 59.0. The first kappa shape index (κ1) is 58.3. The molecule has 2 aromatic heterocycles. The van der Waals surface area contributed by atoms with Gasteiger partial charge in [0.05, 0.1) is 43.7 Å². The molecule has 24 heteroatoms. The zero-order valence-corrected chi connectivity index (χ0v) is 45.8. The fourth-order valence-electron chi connectivity index (χ4n) is 12.4. The number of ketones is 2. The fraction of sp³-hybridized carbons (Fsp3) is 0.492. The summed E-state index contributed by atoms with van der Waals surface area (Å²) < 4.78 is 74.5. The van der Waals surface area contributed by atoms with Crippen molar-refractivity contribution in [1.29, 1.82) is 0 Å². The van der Waals surface area contributed by atoms with Gasteiger partial charge >= 0.3 is 0 Å². The van der Waals surface area contributed by atoms with E-state index in [1.165, 1.54) is 19.1 Å². The van der Waals surface area contributed by atoms with Crippen molar-refractivity contribution in [2.24, 2.45) is 22.7 Å². The molecule has 4 saturated heterocycles. The summed E-state index contributed by atoms with van der Waals surface area (Å²) in [7, 11) is 2.99. The molecule has 6 amide bonds. The summed E-state index contributed by atoms with van der Waals surface area (Å²) >= 11 is 0. The molecule has 6 aliphatic rings. The molecular weight excluding hydrogens is 1090 g/mol. The lowest BCUT2D eigenvalue weighted by Gasteiger charge is -2.29. The molecule has 4 aliphatic heterocycles. The Labute approximate surface area is 474 Å². The first-order chi connectivity index (χ1) is 39.7. The zero-order valence-electron chi connectivity index (χ0n) is 45.8. The van der Waals surface area contributed by atoms with Gasteiger partial charge in [-0.25, -0.2) is 17.6 Å². The van der Waals surface area contributed by atoms with Gasteiger partial charge in [0, 0.05) is 72.7 Å². The maximum atomic E-state index is 14.6. The Morgan fingerprint density at radius 2 is 1.10 bits per heavy atom. The van der Waals surface area contributed by atoms with Gasteiger partial charge < -0.3 is 60.4 Å². The second-order valence-corrected chi connectivity index (χ2v) is 22.8. The Bertz CT molecular complexity index is 3340. The van der Waals surface area contributed by atoms with E-state index in [9.17, 15) is 61.0 Å². The van der Waals surface area contributed by atoms with Gasteiger partial charge in [0.15, 0.2) is 11.6 Å². The topological polar surface area (TPSA) is 271 Å². The third-order valence-electron chi connectivity index (χ3n) is 17.3. The Hall–Kier alpha value is -7.86. The summed E-state index contributed by atoms with van der Waals surface area (Å²) in [5.41, 5.74) is -0.665. The number of ether oxygens (including phenoxy) is 3. The molecule has 3 aromatic carbocycles. The Morgan fingerprint density at radius 3 is 1.51 bits per heavy atom. The van der Waals surface area contributed by atoms with Crippen LogP contribution in [0.5, 0.6) is 11.5 Å². The fourth-order valence-corrected chi connectivity index (χ4v) is 12.4. The number of aliphatic hydroxyl groups excluding tert-OH is 1. The van der Waals surface area contributed by atoms with E-state index in [1.807, 2.05) is 30.3 Å². The lowest BCUT2D eigenvalue weighted by molar-refractivity contribution is -0.134. The van der Waals surface area contributed by atoms with Gasteiger partial charge in [-0.3, -0.25) is 38.4 Å². The van der Waals surface area contributed by atoms with Crippen molar-refractivity contribution < 1.29 is 75.2 Å². The second-order valence-electron chi connectivity index (χ2n) is 22.8. The van der Waals surface area contributed by atoms with Gasteiger partial charge in [-0.15, -0.1) is 0 Å². The monoisotopic (exact) mass is 1150 g/mol. The summed E-state index contributed by atoms with van der Waals surface area (Å²) in [6.45, 7) is -0.549. The Kier molecular flexibility index (Phi) is 16.5. The van der Waals surface area contributed by atoms with Crippen molar-refractivity contribution in [2.45, 2.75) is 107 Å². The van der Waals surface area contributed by atoms with E-state index in [-0.39, 0.29) is 75.2 Å². The predicted octanol–water partition coefficient (Wildman–Crippen LogP) is 4.98. The standard InChI is InChI=1S/C33H36F2N4O6.C26H30F2N4O6/c1-44-28-11-5-10-23-22(28)14-25(37-23)31(43)39-19-32(18-33(32,34)35)15-26(39)30(42)38-24(13-21-9-6-12-36-29(21)41)27(40)17-45-16-20-7-3-2-4-8-20;1-38-21-6-2-5-16-15(21)9-18(30-16)24(37)32-13-25(12-26(25,27)28)10-19(32)23(36)31-17(20(34)11-33)8-14-4-3-7-29-22(14)35/h2-5,7-8,10-11,14,21,24,26,37H,6,9,12-13,15-19H2,1H3,(H,36,41)(H,38,42);2,5-6,9,14,17,19,30,33H,3-4,7-8,10-13H2,1H3,(H,29,35)(H,31,36)/t21-,24-,26-,32-;14-,17-,19-,25-/m00/s1. The molecule has 0 unspecified atom stereocenters. The molecule has 2 saturated carbocycles. The summed E-state index contributed by atoms with van der Waals surface area (Å²) in [6, 6.07) is 18.1. The number of aromatic nitrogens is 2. The minimum atomic E-state index is -3.01. The third-order valence-corrected chi connectivity index (χ3v) is 17.3. The van der Waals surface area contributed by atoms with E-state index in [0.29, 0.717) is 65.7 Å². The number of hydrogen-bond donors (Lipinski definition) is 7. The minimum absolute atomic E-state index is 0.0270. The second kappa shape index (κ2) is 23.4. The highest BCUT2D eigenvalue weighted by Gasteiger charge is 2.76. The number of nitrogens with zero attached hydrogens (tertiary/aromatic N) is 2. The molecule has 11 rings (SSSR count). The molecule has 0 radical (unpaired) electrons. The molecule has 5 aromatic rings. The van der Waals surface area contributed by atoms with Gasteiger partial charge in [0.1, 0.15) is 48.2 Å². The number of carbonyl (C=O) groups is 8. The number of aromatic amines is 2. The average molecular weight is 1160 g/mol. The van der Waals surface area contributed by atoms with Crippen molar-refractivity contribution >= 4 is 68.8 Å². The Morgan fingerprint density at radius 1 is 0.651 bits per heavy atom. The lowest BCUT2D eigenvalue weighted by atomic mass is 9.90. The van der Waals surface area contributed by atoms with Crippen LogP contribution >= 0.6 is 0 Å². The Balaban J connectivity index is 0.000000188. The van der Waals surface area contributed by atoms with Crippen LogP contribution < -0.4 is 30.7 Å². The molecule has 6 fully saturated rings.